The Bertz CT molecular complexity index is 1480. The van der Waals surface area contributed by atoms with Crippen molar-refractivity contribution < 1.29 is 14.2 Å². The van der Waals surface area contributed by atoms with Gasteiger partial charge in [-0.15, -0.1) is 0 Å². The quantitative estimate of drug-likeness (QED) is 0.348. The number of nitrogens with zero attached hydrogens (tertiary/aromatic N) is 1. The zero-order valence-electron chi connectivity index (χ0n) is 22.8. The van der Waals surface area contributed by atoms with E-state index in [9.17, 15) is 0 Å². The van der Waals surface area contributed by atoms with Crippen LogP contribution in [0.4, 0.5) is 5.69 Å². The summed E-state index contributed by atoms with van der Waals surface area (Å²) in [5, 5.41) is 0. The maximum Gasteiger partial charge on any atom is 0.213 e. The molecule has 39 heavy (non-hydrogen) atoms. The van der Waals surface area contributed by atoms with E-state index in [1.54, 1.807) is 19.8 Å². The van der Waals surface area contributed by atoms with Crippen molar-refractivity contribution >= 4 is 17.8 Å². The fourth-order valence-electron chi connectivity index (χ4n) is 7.17. The van der Waals surface area contributed by atoms with E-state index in [0.29, 0.717) is 5.92 Å². The molecule has 2 aliphatic carbocycles. The number of methoxy groups -OCH3 is 2. The summed E-state index contributed by atoms with van der Waals surface area (Å²) in [5.41, 5.74) is 8.87. The molecule has 0 radical (unpaired) electrons. The molecule has 0 N–H and O–H groups in total. The second kappa shape index (κ2) is 9.68. The van der Waals surface area contributed by atoms with Crippen LogP contribution >= 0.6 is 0 Å². The van der Waals surface area contributed by atoms with E-state index >= 15 is 0 Å². The van der Waals surface area contributed by atoms with Crippen LogP contribution in [0.5, 0.6) is 17.2 Å². The van der Waals surface area contributed by atoms with Crippen LogP contribution in [0.1, 0.15) is 56.1 Å². The largest absolute Gasteiger partial charge is 0.497 e. The highest BCUT2D eigenvalue weighted by molar-refractivity contribution is 5.78. The van der Waals surface area contributed by atoms with Gasteiger partial charge in [0.25, 0.3) is 0 Å². The molecular weight excluding hydrogens is 482 g/mol. The summed E-state index contributed by atoms with van der Waals surface area (Å²) in [6.07, 6.45) is 12.7. The average Bonchev–Trinajstić information content (AvgIpc) is 3.33. The molecule has 7 rings (SSSR count). The maximum atomic E-state index is 7.17. The summed E-state index contributed by atoms with van der Waals surface area (Å²) in [7, 11) is 3.43. The molecule has 0 amide bonds. The van der Waals surface area contributed by atoms with Crippen LogP contribution in [0.15, 0.2) is 95.2 Å². The summed E-state index contributed by atoms with van der Waals surface area (Å²) < 4.78 is 18.0. The minimum absolute atomic E-state index is 0.419. The van der Waals surface area contributed by atoms with Crippen LogP contribution < -0.4 is 19.1 Å². The van der Waals surface area contributed by atoms with E-state index in [0.717, 1.165) is 42.9 Å². The zero-order chi connectivity index (χ0) is 26.4. The zero-order valence-corrected chi connectivity index (χ0v) is 22.8. The fourth-order valence-corrected chi connectivity index (χ4v) is 7.17. The minimum atomic E-state index is -0.489. The fraction of sp³-hybridized carbons (Fsp3) is 0.314. The van der Waals surface area contributed by atoms with Crippen LogP contribution in [-0.2, 0) is 0 Å². The van der Waals surface area contributed by atoms with Gasteiger partial charge in [0, 0.05) is 11.6 Å². The van der Waals surface area contributed by atoms with Crippen LogP contribution in [0.25, 0.3) is 12.2 Å². The molecule has 4 aliphatic rings. The third kappa shape index (κ3) is 3.96. The topological polar surface area (TPSA) is 30.9 Å². The molecule has 1 spiro atoms. The van der Waals surface area contributed by atoms with Gasteiger partial charge in [-0.3, -0.25) is 4.90 Å². The van der Waals surface area contributed by atoms with Crippen molar-refractivity contribution in [3.05, 3.63) is 106 Å². The molecule has 3 aromatic carbocycles. The van der Waals surface area contributed by atoms with Gasteiger partial charge in [-0.05, 0) is 121 Å². The van der Waals surface area contributed by atoms with E-state index < -0.39 is 5.72 Å². The van der Waals surface area contributed by atoms with Gasteiger partial charge in [-0.1, -0.05) is 36.4 Å². The first-order valence-corrected chi connectivity index (χ1v) is 14.2. The van der Waals surface area contributed by atoms with Gasteiger partial charge in [0.2, 0.25) is 5.72 Å². The monoisotopic (exact) mass is 517 g/mol. The lowest BCUT2D eigenvalue weighted by Gasteiger charge is -2.53. The first-order valence-electron chi connectivity index (χ1n) is 14.2. The van der Waals surface area contributed by atoms with Crippen molar-refractivity contribution in [3.63, 3.8) is 0 Å². The molecular formula is C35H35NO3. The second-order valence-corrected chi connectivity index (χ2v) is 11.1. The van der Waals surface area contributed by atoms with E-state index in [4.69, 9.17) is 14.2 Å². The average molecular weight is 518 g/mol. The first-order chi connectivity index (χ1) is 19.2. The third-order valence-corrected chi connectivity index (χ3v) is 8.91. The lowest BCUT2D eigenvalue weighted by molar-refractivity contribution is 0.0353. The Balaban J connectivity index is 1.39. The minimum Gasteiger partial charge on any atom is -0.497 e. The maximum absolute atomic E-state index is 7.17. The highest BCUT2D eigenvalue weighted by Gasteiger charge is 2.59. The smallest absolute Gasteiger partial charge is 0.213 e. The number of fused-ring (bicyclic) bond motifs is 3. The molecule has 0 bridgehead atoms. The Labute approximate surface area is 231 Å². The Morgan fingerprint density at radius 1 is 0.795 bits per heavy atom. The summed E-state index contributed by atoms with van der Waals surface area (Å²) >= 11 is 0. The molecule has 4 heteroatoms. The molecule has 2 aliphatic heterocycles. The number of rotatable bonds is 4. The van der Waals surface area contributed by atoms with Crippen molar-refractivity contribution in [3.8, 4) is 17.2 Å². The Morgan fingerprint density at radius 3 is 2.21 bits per heavy atom. The number of para-hydroxylation sites is 2. The van der Waals surface area contributed by atoms with Crippen LogP contribution in [0.2, 0.25) is 0 Å². The summed E-state index contributed by atoms with van der Waals surface area (Å²) in [6, 6.07) is 25.5. The van der Waals surface area contributed by atoms with Crippen LogP contribution in [0, 0.1) is 5.92 Å². The Kier molecular flexibility index (Phi) is 5.99. The van der Waals surface area contributed by atoms with Crippen molar-refractivity contribution in [2.45, 2.75) is 50.7 Å². The molecule has 2 unspecified atom stereocenters. The summed E-state index contributed by atoms with van der Waals surface area (Å²) in [6.45, 7) is 0. The van der Waals surface area contributed by atoms with E-state index in [2.05, 4.69) is 65.6 Å². The number of ether oxygens (including phenoxy) is 3. The second-order valence-electron chi connectivity index (χ2n) is 11.1. The highest BCUT2D eigenvalue weighted by Crippen LogP contribution is 2.61. The van der Waals surface area contributed by atoms with Crippen LogP contribution in [-0.4, -0.2) is 19.9 Å². The van der Waals surface area contributed by atoms with Gasteiger partial charge < -0.3 is 14.2 Å². The lowest BCUT2D eigenvalue weighted by atomic mass is 9.68. The SMILES string of the molecule is COc1ccc(C=C2CCCC3=C2N2c4ccccc4OC24C(=Cc2ccc(OC)cc2)CCCC4C3)cc1. The Hall–Kier alpha value is -3.92. The lowest BCUT2D eigenvalue weighted by Crippen LogP contribution is -2.60. The third-order valence-electron chi connectivity index (χ3n) is 8.91. The van der Waals surface area contributed by atoms with Gasteiger partial charge in [0.1, 0.15) is 17.2 Å². The molecule has 2 heterocycles. The number of allylic oxidation sites excluding steroid dienone is 2. The van der Waals surface area contributed by atoms with E-state index in [-0.39, 0.29) is 0 Å². The first kappa shape index (κ1) is 24.1. The van der Waals surface area contributed by atoms with E-state index in [1.807, 2.05) is 24.3 Å². The molecule has 198 valence electrons. The molecule has 3 aromatic rings. The number of hydrogen-bond donors (Lipinski definition) is 0. The highest BCUT2D eigenvalue weighted by atomic mass is 16.5. The molecule has 0 aromatic heterocycles. The summed E-state index contributed by atoms with van der Waals surface area (Å²) in [5.74, 6) is 3.18. The number of benzene rings is 3. The predicted molar refractivity (Wildman–Crippen MR) is 157 cm³/mol. The van der Waals surface area contributed by atoms with Gasteiger partial charge in [0.15, 0.2) is 0 Å². The molecule has 1 saturated carbocycles. The Morgan fingerprint density at radius 2 is 1.49 bits per heavy atom. The van der Waals surface area contributed by atoms with Gasteiger partial charge in [-0.25, -0.2) is 0 Å². The van der Waals surface area contributed by atoms with Gasteiger partial charge in [0.05, 0.1) is 19.9 Å². The van der Waals surface area contributed by atoms with E-state index in [1.165, 1.54) is 52.9 Å². The molecule has 1 fully saturated rings. The van der Waals surface area contributed by atoms with Crippen molar-refractivity contribution in [1.82, 2.24) is 0 Å². The number of hydrogen-bond acceptors (Lipinski definition) is 4. The van der Waals surface area contributed by atoms with Crippen molar-refractivity contribution in [2.24, 2.45) is 5.92 Å². The predicted octanol–water partition coefficient (Wildman–Crippen LogP) is 8.41. The molecule has 0 saturated heterocycles. The molecule has 2 atom stereocenters. The molecule has 4 nitrogen and oxygen atoms in total. The van der Waals surface area contributed by atoms with Crippen molar-refractivity contribution in [1.29, 1.82) is 0 Å². The van der Waals surface area contributed by atoms with Gasteiger partial charge in [-0.2, -0.15) is 0 Å². The van der Waals surface area contributed by atoms with Gasteiger partial charge >= 0.3 is 0 Å². The standard InChI is InChI=1S/C35H35NO3/c1-37-30-17-13-24(14-18-30)21-26-7-5-8-27-23-29-10-6-9-28(22-25-15-19-31(38-2)20-16-25)35(29)36(34(26)27)32-11-3-4-12-33(32)39-35/h3-4,11-22,29H,5-10,23H2,1-2H3. The normalized spacial score (nSPS) is 25.5. The number of anilines is 1. The van der Waals surface area contributed by atoms with Crippen molar-refractivity contribution in [2.75, 3.05) is 19.1 Å². The summed E-state index contributed by atoms with van der Waals surface area (Å²) in [4.78, 5) is 2.61. The van der Waals surface area contributed by atoms with Crippen LogP contribution in [0.3, 0.4) is 0 Å².